The molecular formula is C23H34F2N4O3. The number of hydrogen-bond acceptors (Lipinski definition) is 6. The molecule has 1 aromatic heterocycles. The lowest BCUT2D eigenvalue weighted by Crippen LogP contribution is -2.62. The molecule has 2 saturated carbocycles. The largest absolute Gasteiger partial charge is 0.392 e. The Kier molecular flexibility index (Phi) is 5.36. The molecule has 2 N–H and O–H groups in total. The van der Waals surface area contributed by atoms with Crippen molar-refractivity contribution < 1.29 is 23.2 Å². The molecule has 2 aliphatic carbocycles. The first kappa shape index (κ1) is 22.2. The molecule has 0 unspecified atom stereocenters. The number of halogens is 2. The predicted molar refractivity (Wildman–Crippen MR) is 112 cm³/mol. The van der Waals surface area contributed by atoms with Gasteiger partial charge < -0.3 is 19.8 Å². The van der Waals surface area contributed by atoms with Gasteiger partial charge in [-0.3, -0.25) is 4.79 Å². The Morgan fingerprint density at radius 2 is 1.91 bits per heavy atom. The van der Waals surface area contributed by atoms with Crippen molar-refractivity contribution in [3.05, 3.63) is 11.7 Å². The van der Waals surface area contributed by atoms with E-state index in [4.69, 9.17) is 4.52 Å². The number of hydrogen-bond donors (Lipinski definition) is 2. The number of nitrogens with one attached hydrogen (secondary N) is 1. The Morgan fingerprint density at radius 1 is 1.22 bits per heavy atom. The molecule has 5 rings (SSSR count). The summed E-state index contributed by atoms with van der Waals surface area (Å²) in [7, 11) is 0. The molecule has 9 heteroatoms. The minimum Gasteiger partial charge on any atom is -0.392 e. The van der Waals surface area contributed by atoms with Gasteiger partial charge in [0.15, 0.2) is 5.82 Å². The van der Waals surface area contributed by atoms with Crippen LogP contribution in [0.5, 0.6) is 0 Å². The Hall–Kier alpha value is -1.61. The van der Waals surface area contributed by atoms with Gasteiger partial charge in [-0.15, -0.1) is 0 Å². The molecule has 0 aromatic carbocycles. The normalized spacial score (nSPS) is 31.4. The maximum absolute atomic E-state index is 13.3. The van der Waals surface area contributed by atoms with E-state index in [9.17, 15) is 18.7 Å². The summed E-state index contributed by atoms with van der Waals surface area (Å²) in [5.41, 5.74) is -0.380. The van der Waals surface area contributed by atoms with Gasteiger partial charge in [-0.25, -0.2) is 8.78 Å². The summed E-state index contributed by atoms with van der Waals surface area (Å²) in [6, 6.07) is -0.335. The maximum Gasteiger partial charge on any atom is 0.249 e. The SMILES string of the molecule is CC(C)C1(c2nc(C3CC(F)(F)C3)no2)CCN(C(=O)[C@@H]2C[C@@H](O)C3(CCC3)CN2)CC1. The van der Waals surface area contributed by atoms with Gasteiger partial charge in [-0.05, 0) is 38.0 Å². The number of rotatable bonds is 4. The first-order valence-electron chi connectivity index (χ1n) is 12.1. The van der Waals surface area contributed by atoms with Crippen LogP contribution in [0.25, 0.3) is 0 Å². The van der Waals surface area contributed by atoms with Crippen LogP contribution in [0.4, 0.5) is 8.78 Å². The standard InChI is InChI=1S/C23H34F2N4O3/c1-14(2)22(20-27-18(28-32-20)15-11-23(24,25)12-15)6-8-29(9-7-22)19(31)16-10-17(30)21(13-26-16)4-3-5-21/h14-17,26,30H,3-13H2,1-2H3/t16-,17+/m0/s1. The highest BCUT2D eigenvalue weighted by atomic mass is 19.3. The van der Waals surface area contributed by atoms with Crippen LogP contribution in [0.2, 0.25) is 0 Å². The van der Waals surface area contributed by atoms with Crippen molar-refractivity contribution in [1.82, 2.24) is 20.4 Å². The Morgan fingerprint density at radius 3 is 2.44 bits per heavy atom. The third kappa shape index (κ3) is 3.56. The monoisotopic (exact) mass is 452 g/mol. The van der Waals surface area contributed by atoms with E-state index in [1.54, 1.807) is 0 Å². The van der Waals surface area contributed by atoms with Crippen LogP contribution in [0.1, 0.15) is 82.8 Å². The van der Waals surface area contributed by atoms with Crippen LogP contribution in [0.15, 0.2) is 4.52 Å². The van der Waals surface area contributed by atoms with Crippen molar-refractivity contribution in [1.29, 1.82) is 0 Å². The minimum atomic E-state index is -2.62. The van der Waals surface area contributed by atoms with E-state index in [1.165, 1.54) is 0 Å². The first-order chi connectivity index (χ1) is 15.1. The lowest BCUT2D eigenvalue weighted by atomic mass is 9.62. The lowest BCUT2D eigenvalue weighted by molar-refractivity contribution is -0.141. The van der Waals surface area contributed by atoms with E-state index < -0.39 is 12.0 Å². The Balaban J connectivity index is 1.23. The van der Waals surface area contributed by atoms with Gasteiger partial charge in [0.2, 0.25) is 17.7 Å². The summed E-state index contributed by atoms with van der Waals surface area (Å²) in [4.78, 5) is 19.6. The minimum absolute atomic E-state index is 0.0223. The number of alkyl halides is 2. The van der Waals surface area contributed by atoms with Gasteiger partial charge in [0.25, 0.3) is 0 Å². The second kappa shape index (κ2) is 7.72. The molecule has 2 atom stereocenters. The second-order valence-electron chi connectivity index (χ2n) is 11.0. The summed E-state index contributed by atoms with van der Waals surface area (Å²) in [5.74, 6) is -1.79. The van der Waals surface area contributed by atoms with Crippen LogP contribution in [0.3, 0.4) is 0 Å². The van der Waals surface area contributed by atoms with Gasteiger partial charge in [0.1, 0.15) is 0 Å². The number of aromatic nitrogens is 2. The maximum atomic E-state index is 13.3. The third-order valence-electron chi connectivity index (χ3n) is 8.91. The van der Waals surface area contributed by atoms with Gasteiger partial charge in [0.05, 0.1) is 17.6 Å². The number of amides is 1. The molecule has 4 fully saturated rings. The van der Waals surface area contributed by atoms with Crippen LogP contribution in [-0.4, -0.2) is 63.8 Å². The molecule has 0 radical (unpaired) electrons. The van der Waals surface area contributed by atoms with Crippen molar-refractivity contribution >= 4 is 5.91 Å². The molecule has 1 amide bonds. The van der Waals surface area contributed by atoms with Crippen LogP contribution in [0, 0.1) is 11.3 Å². The van der Waals surface area contributed by atoms with Crippen molar-refractivity contribution in [2.45, 2.75) is 94.6 Å². The fourth-order valence-corrected chi connectivity index (χ4v) is 6.16. The van der Waals surface area contributed by atoms with E-state index in [-0.39, 0.29) is 47.5 Å². The van der Waals surface area contributed by atoms with E-state index in [0.29, 0.717) is 50.6 Å². The molecule has 4 aliphatic rings. The number of carbonyl (C=O) groups is 1. The summed E-state index contributed by atoms with van der Waals surface area (Å²) in [6.45, 7) is 6.08. The van der Waals surface area contributed by atoms with Gasteiger partial charge in [-0.2, -0.15) is 4.98 Å². The summed E-state index contributed by atoms with van der Waals surface area (Å²) < 4.78 is 32.1. The van der Waals surface area contributed by atoms with Gasteiger partial charge in [0, 0.05) is 43.8 Å². The third-order valence-corrected chi connectivity index (χ3v) is 8.91. The van der Waals surface area contributed by atoms with Crippen LogP contribution < -0.4 is 5.32 Å². The molecule has 32 heavy (non-hydrogen) atoms. The smallest absolute Gasteiger partial charge is 0.249 e. The number of aliphatic hydroxyl groups is 1. The van der Waals surface area contributed by atoms with Crippen LogP contribution in [-0.2, 0) is 10.2 Å². The molecule has 178 valence electrons. The zero-order valence-corrected chi connectivity index (χ0v) is 18.9. The first-order valence-corrected chi connectivity index (χ1v) is 12.1. The number of nitrogens with zero attached hydrogens (tertiary/aromatic N) is 3. The molecule has 0 bridgehead atoms. The van der Waals surface area contributed by atoms with E-state index in [1.807, 2.05) is 4.90 Å². The van der Waals surface area contributed by atoms with E-state index in [2.05, 4.69) is 29.3 Å². The van der Waals surface area contributed by atoms with Crippen LogP contribution >= 0.6 is 0 Å². The topological polar surface area (TPSA) is 91.5 Å². The number of piperidine rings is 2. The second-order valence-corrected chi connectivity index (χ2v) is 11.0. The molecule has 2 saturated heterocycles. The number of likely N-dealkylation sites (tertiary alicyclic amines) is 1. The molecule has 2 aliphatic heterocycles. The van der Waals surface area contributed by atoms with Crippen molar-refractivity contribution in [2.24, 2.45) is 11.3 Å². The molecule has 1 aromatic rings. The average Bonchev–Trinajstić information content (AvgIpc) is 3.20. The fraction of sp³-hybridized carbons (Fsp3) is 0.870. The quantitative estimate of drug-likeness (QED) is 0.730. The highest BCUT2D eigenvalue weighted by Gasteiger charge is 2.51. The van der Waals surface area contributed by atoms with Crippen molar-refractivity contribution in [3.8, 4) is 0 Å². The zero-order valence-electron chi connectivity index (χ0n) is 18.9. The lowest BCUT2D eigenvalue weighted by Gasteiger charge is -2.51. The van der Waals surface area contributed by atoms with Gasteiger partial charge in [-0.1, -0.05) is 25.4 Å². The van der Waals surface area contributed by atoms with Crippen molar-refractivity contribution in [3.63, 3.8) is 0 Å². The average molecular weight is 453 g/mol. The molecular weight excluding hydrogens is 418 g/mol. The molecule has 7 nitrogen and oxygen atoms in total. The Bertz CT molecular complexity index is 853. The van der Waals surface area contributed by atoms with E-state index in [0.717, 1.165) is 19.3 Å². The highest BCUT2D eigenvalue weighted by molar-refractivity contribution is 5.82. The summed E-state index contributed by atoms with van der Waals surface area (Å²) in [5, 5.41) is 18.0. The molecule has 1 spiro atoms. The van der Waals surface area contributed by atoms with Crippen molar-refractivity contribution in [2.75, 3.05) is 19.6 Å². The fourth-order valence-electron chi connectivity index (χ4n) is 6.16. The molecule has 3 heterocycles. The number of carbonyl (C=O) groups excluding carboxylic acids is 1. The predicted octanol–water partition coefficient (Wildman–Crippen LogP) is 2.99. The zero-order chi connectivity index (χ0) is 22.7. The number of aliphatic hydroxyl groups excluding tert-OH is 1. The highest BCUT2D eigenvalue weighted by Crippen LogP contribution is 2.49. The van der Waals surface area contributed by atoms with Gasteiger partial charge >= 0.3 is 0 Å². The summed E-state index contributed by atoms with van der Waals surface area (Å²) in [6.07, 6.45) is 4.23. The van der Waals surface area contributed by atoms with E-state index >= 15 is 0 Å². The Labute approximate surface area is 187 Å². The summed E-state index contributed by atoms with van der Waals surface area (Å²) >= 11 is 0.